The molecule has 0 bridgehead atoms. The van der Waals surface area contributed by atoms with Gasteiger partial charge in [-0.1, -0.05) is 53.7 Å². The van der Waals surface area contributed by atoms with Gasteiger partial charge in [0.25, 0.3) is 0 Å². The molecule has 0 aromatic heterocycles. The normalized spacial score (nSPS) is 9.00. The standard InChI is InChI=1S/C11H24O.2C3H6O/c1-5-10(6-2)9-12-11(7-3)8-4;2*1-3-4-2/h10-11H,5-9H2,1-4H3;2*3H,1H2,2H3. The summed E-state index contributed by atoms with van der Waals surface area (Å²) in [6, 6.07) is 0. The van der Waals surface area contributed by atoms with Gasteiger partial charge in [-0.05, 0) is 18.8 Å². The van der Waals surface area contributed by atoms with Crippen molar-refractivity contribution in [2.45, 2.75) is 59.5 Å². The van der Waals surface area contributed by atoms with E-state index in [1.165, 1.54) is 25.4 Å². The lowest BCUT2D eigenvalue weighted by Crippen LogP contribution is -2.16. The minimum atomic E-state index is 0.491. The van der Waals surface area contributed by atoms with Crippen LogP contribution in [0.3, 0.4) is 0 Å². The van der Waals surface area contributed by atoms with Gasteiger partial charge in [0, 0.05) is 6.61 Å². The van der Waals surface area contributed by atoms with Gasteiger partial charge in [-0.3, -0.25) is 0 Å². The molecular weight excluding hydrogens is 252 g/mol. The van der Waals surface area contributed by atoms with Crippen LogP contribution in [0.5, 0.6) is 0 Å². The van der Waals surface area contributed by atoms with Crippen LogP contribution < -0.4 is 0 Å². The molecule has 0 aromatic rings. The monoisotopic (exact) mass is 288 g/mol. The summed E-state index contributed by atoms with van der Waals surface area (Å²) in [6.07, 6.45) is 8.03. The first kappa shape index (κ1) is 24.1. The van der Waals surface area contributed by atoms with Crippen LogP contribution in [0.1, 0.15) is 53.4 Å². The molecule has 122 valence electrons. The van der Waals surface area contributed by atoms with Gasteiger partial charge >= 0.3 is 0 Å². The Morgan fingerprint density at radius 3 is 1.35 bits per heavy atom. The number of ether oxygens (including phenoxy) is 3. The molecule has 3 nitrogen and oxygen atoms in total. The molecule has 20 heavy (non-hydrogen) atoms. The highest BCUT2D eigenvalue weighted by Crippen LogP contribution is 2.11. The Morgan fingerprint density at radius 1 is 0.800 bits per heavy atom. The fraction of sp³-hybridized carbons (Fsp3) is 0.765. The predicted molar refractivity (Wildman–Crippen MR) is 88.8 cm³/mol. The van der Waals surface area contributed by atoms with Gasteiger partial charge in [0.2, 0.25) is 0 Å². The maximum atomic E-state index is 5.78. The second kappa shape index (κ2) is 23.2. The Balaban J connectivity index is -0.000000297. The third-order valence-electron chi connectivity index (χ3n) is 2.97. The number of methoxy groups -OCH3 is 2. The predicted octanol–water partition coefficient (Wildman–Crippen LogP) is 5.18. The topological polar surface area (TPSA) is 27.7 Å². The average molecular weight is 288 g/mol. The van der Waals surface area contributed by atoms with Gasteiger partial charge < -0.3 is 14.2 Å². The maximum Gasteiger partial charge on any atom is 0.0766 e. The highest BCUT2D eigenvalue weighted by atomic mass is 16.5. The maximum absolute atomic E-state index is 5.78. The lowest BCUT2D eigenvalue weighted by Gasteiger charge is -2.18. The molecule has 0 aromatic carbocycles. The third-order valence-corrected chi connectivity index (χ3v) is 2.97. The smallest absolute Gasteiger partial charge is 0.0766 e. The summed E-state index contributed by atoms with van der Waals surface area (Å²) in [5.41, 5.74) is 0. The zero-order valence-corrected chi connectivity index (χ0v) is 14.5. The molecule has 0 atom stereocenters. The first-order chi connectivity index (χ1) is 9.61. The molecule has 0 rings (SSSR count). The van der Waals surface area contributed by atoms with Crippen LogP contribution in [-0.2, 0) is 14.2 Å². The SMILES string of the molecule is C=COC.C=COC.CCC(CC)COC(CC)CC. The van der Waals surface area contributed by atoms with Crippen molar-refractivity contribution in [1.82, 2.24) is 0 Å². The van der Waals surface area contributed by atoms with Crippen molar-refractivity contribution in [3.63, 3.8) is 0 Å². The summed E-state index contributed by atoms with van der Waals surface area (Å²) in [5.74, 6) is 0.769. The van der Waals surface area contributed by atoms with Crippen molar-refractivity contribution in [3.05, 3.63) is 25.7 Å². The van der Waals surface area contributed by atoms with E-state index in [0.717, 1.165) is 25.4 Å². The van der Waals surface area contributed by atoms with Crippen molar-refractivity contribution < 1.29 is 14.2 Å². The van der Waals surface area contributed by atoms with Crippen LogP contribution >= 0.6 is 0 Å². The van der Waals surface area contributed by atoms with Crippen molar-refractivity contribution in [2.24, 2.45) is 5.92 Å². The van der Waals surface area contributed by atoms with E-state index in [-0.39, 0.29) is 0 Å². The van der Waals surface area contributed by atoms with E-state index in [9.17, 15) is 0 Å². The van der Waals surface area contributed by atoms with Gasteiger partial charge in [0.15, 0.2) is 0 Å². The molecule has 0 aliphatic heterocycles. The Bertz CT molecular complexity index is 153. The van der Waals surface area contributed by atoms with E-state index < -0.39 is 0 Å². The molecule has 0 N–H and O–H groups in total. The number of hydrogen-bond acceptors (Lipinski definition) is 3. The van der Waals surface area contributed by atoms with Crippen molar-refractivity contribution in [3.8, 4) is 0 Å². The highest BCUT2D eigenvalue weighted by molar-refractivity contribution is 4.56. The van der Waals surface area contributed by atoms with E-state index in [1.807, 2.05) is 0 Å². The van der Waals surface area contributed by atoms with Crippen LogP contribution in [-0.4, -0.2) is 26.9 Å². The lowest BCUT2D eigenvalue weighted by atomic mass is 10.1. The summed E-state index contributed by atoms with van der Waals surface area (Å²) in [7, 11) is 3.12. The fourth-order valence-electron chi connectivity index (χ4n) is 1.32. The Kier molecular flexibility index (Phi) is 27.9. The summed E-state index contributed by atoms with van der Waals surface area (Å²) < 4.78 is 14.4. The van der Waals surface area contributed by atoms with Crippen LogP contribution in [0.15, 0.2) is 25.7 Å². The van der Waals surface area contributed by atoms with Gasteiger partial charge in [0.1, 0.15) is 0 Å². The summed E-state index contributed by atoms with van der Waals surface area (Å²) in [6.45, 7) is 16.3. The Morgan fingerprint density at radius 2 is 1.15 bits per heavy atom. The van der Waals surface area contributed by atoms with Crippen molar-refractivity contribution in [1.29, 1.82) is 0 Å². The summed E-state index contributed by atoms with van der Waals surface area (Å²) in [5, 5.41) is 0. The lowest BCUT2D eigenvalue weighted by molar-refractivity contribution is 0.0231. The Hall–Kier alpha value is -0.960. The molecule has 0 radical (unpaired) electrons. The Labute approximate surface area is 127 Å². The van der Waals surface area contributed by atoms with E-state index in [4.69, 9.17) is 4.74 Å². The first-order valence-corrected chi connectivity index (χ1v) is 7.50. The largest absolute Gasteiger partial charge is 0.505 e. The quantitative estimate of drug-likeness (QED) is 0.547. The van der Waals surface area contributed by atoms with Crippen molar-refractivity contribution >= 4 is 0 Å². The van der Waals surface area contributed by atoms with Crippen LogP contribution in [0.2, 0.25) is 0 Å². The highest BCUT2D eigenvalue weighted by Gasteiger charge is 2.07. The van der Waals surface area contributed by atoms with E-state index in [2.05, 4.69) is 50.3 Å². The van der Waals surface area contributed by atoms with Crippen molar-refractivity contribution in [2.75, 3.05) is 20.8 Å². The average Bonchev–Trinajstić information content (AvgIpc) is 2.52. The zero-order chi connectivity index (χ0) is 16.2. The van der Waals surface area contributed by atoms with Crippen LogP contribution in [0, 0.1) is 5.92 Å². The molecule has 0 fully saturated rings. The van der Waals surface area contributed by atoms with Crippen LogP contribution in [0.4, 0.5) is 0 Å². The molecule has 0 unspecified atom stereocenters. The minimum Gasteiger partial charge on any atom is -0.505 e. The van der Waals surface area contributed by atoms with Gasteiger partial charge in [-0.25, -0.2) is 0 Å². The third kappa shape index (κ3) is 22.2. The van der Waals surface area contributed by atoms with E-state index >= 15 is 0 Å². The van der Waals surface area contributed by atoms with E-state index in [1.54, 1.807) is 14.2 Å². The molecule has 0 aliphatic carbocycles. The molecule has 3 heteroatoms. The second-order valence-corrected chi connectivity index (χ2v) is 4.26. The molecular formula is C17H36O3. The van der Waals surface area contributed by atoms with Gasteiger partial charge in [-0.2, -0.15) is 0 Å². The first-order valence-electron chi connectivity index (χ1n) is 7.50. The van der Waals surface area contributed by atoms with Gasteiger partial charge in [-0.15, -0.1) is 0 Å². The van der Waals surface area contributed by atoms with Gasteiger partial charge in [0.05, 0.1) is 32.8 Å². The summed E-state index contributed by atoms with van der Waals surface area (Å²) in [4.78, 5) is 0. The molecule has 0 aliphatic rings. The molecule has 0 heterocycles. The molecule has 0 saturated heterocycles. The molecule has 0 amide bonds. The second-order valence-electron chi connectivity index (χ2n) is 4.26. The fourth-order valence-corrected chi connectivity index (χ4v) is 1.32. The number of hydrogen-bond donors (Lipinski definition) is 0. The minimum absolute atomic E-state index is 0.491. The zero-order valence-electron chi connectivity index (χ0n) is 14.5. The molecule has 0 spiro atoms. The number of rotatable bonds is 9. The van der Waals surface area contributed by atoms with Crippen LogP contribution in [0.25, 0.3) is 0 Å². The summed E-state index contributed by atoms with van der Waals surface area (Å²) >= 11 is 0. The molecule has 0 saturated carbocycles. The van der Waals surface area contributed by atoms with E-state index in [0.29, 0.717) is 6.10 Å².